The van der Waals surface area contributed by atoms with Crippen molar-refractivity contribution in [3.8, 4) is 0 Å². The van der Waals surface area contributed by atoms with E-state index in [2.05, 4.69) is 9.97 Å². The van der Waals surface area contributed by atoms with Crippen molar-refractivity contribution < 1.29 is 4.79 Å². The second kappa shape index (κ2) is 3.31. The molecule has 1 unspecified atom stereocenters. The predicted octanol–water partition coefficient (Wildman–Crippen LogP) is 1.62. The van der Waals surface area contributed by atoms with Crippen LogP contribution in [0, 0.1) is 0 Å². The summed E-state index contributed by atoms with van der Waals surface area (Å²) in [6, 6.07) is 0. The number of nitrogens with one attached hydrogen (secondary N) is 1. The minimum atomic E-state index is 0.388. The summed E-state index contributed by atoms with van der Waals surface area (Å²) < 4.78 is 0. The first-order chi connectivity index (χ1) is 5.84. The average molecular weight is 182 g/mol. The lowest BCUT2D eigenvalue weighted by molar-refractivity contribution is -0.117. The topological polar surface area (TPSA) is 45.8 Å². The van der Waals surface area contributed by atoms with Crippen LogP contribution in [0.2, 0.25) is 0 Å². The highest BCUT2D eigenvalue weighted by Gasteiger charge is 2.23. The molecule has 0 spiro atoms. The van der Waals surface area contributed by atoms with E-state index in [9.17, 15) is 4.79 Å². The van der Waals surface area contributed by atoms with Gasteiger partial charge in [0.15, 0.2) is 5.16 Å². The van der Waals surface area contributed by atoms with Gasteiger partial charge in [-0.1, -0.05) is 11.8 Å². The second-order valence-corrected chi connectivity index (χ2v) is 4.20. The van der Waals surface area contributed by atoms with Gasteiger partial charge in [0.1, 0.15) is 5.78 Å². The Morgan fingerprint density at radius 3 is 3.17 bits per heavy atom. The highest BCUT2D eigenvalue weighted by atomic mass is 32.2. The van der Waals surface area contributed by atoms with Crippen molar-refractivity contribution in [1.29, 1.82) is 0 Å². The molecule has 0 bridgehead atoms. The number of rotatable bonds is 2. The quantitative estimate of drug-likeness (QED) is 0.756. The van der Waals surface area contributed by atoms with E-state index in [0.717, 1.165) is 18.0 Å². The van der Waals surface area contributed by atoms with Crippen LogP contribution in [0.4, 0.5) is 0 Å². The van der Waals surface area contributed by atoms with E-state index >= 15 is 0 Å². The fraction of sp³-hybridized carbons (Fsp3) is 0.500. The SMILES string of the molecule is O=C1CCC(Sc2ncc[nH]2)C1. The summed E-state index contributed by atoms with van der Waals surface area (Å²) >= 11 is 1.67. The molecule has 0 radical (unpaired) electrons. The van der Waals surface area contributed by atoms with Gasteiger partial charge in [-0.3, -0.25) is 4.79 Å². The van der Waals surface area contributed by atoms with Crippen LogP contribution in [-0.4, -0.2) is 21.0 Å². The van der Waals surface area contributed by atoms with Gasteiger partial charge in [-0.2, -0.15) is 0 Å². The summed E-state index contributed by atoms with van der Waals surface area (Å²) in [4.78, 5) is 18.1. The maximum Gasteiger partial charge on any atom is 0.165 e. The number of carbonyl (C=O) groups excluding carboxylic acids is 1. The molecule has 1 aliphatic carbocycles. The zero-order chi connectivity index (χ0) is 8.39. The van der Waals surface area contributed by atoms with Gasteiger partial charge in [-0.05, 0) is 6.42 Å². The van der Waals surface area contributed by atoms with Gasteiger partial charge in [-0.25, -0.2) is 4.98 Å². The van der Waals surface area contributed by atoms with Crippen LogP contribution >= 0.6 is 11.8 Å². The standard InChI is InChI=1S/C8H10N2OS/c11-6-1-2-7(5-6)12-8-9-3-4-10-8/h3-4,7H,1-2,5H2,(H,9,10). The van der Waals surface area contributed by atoms with E-state index in [1.54, 1.807) is 24.2 Å². The molecule has 0 saturated heterocycles. The number of Topliss-reactive ketones (excluding diaryl/α,β-unsaturated/α-hetero) is 1. The van der Waals surface area contributed by atoms with Gasteiger partial charge < -0.3 is 4.98 Å². The second-order valence-electron chi connectivity index (χ2n) is 2.92. The maximum atomic E-state index is 10.9. The number of aromatic nitrogens is 2. The number of carbonyl (C=O) groups is 1. The minimum Gasteiger partial charge on any atom is -0.340 e. The lowest BCUT2D eigenvalue weighted by Gasteiger charge is -2.02. The summed E-state index contributed by atoms with van der Waals surface area (Å²) in [5.41, 5.74) is 0. The highest BCUT2D eigenvalue weighted by molar-refractivity contribution is 7.99. The zero-order valence-electron chi connectivity index (χ0n) is 6.62. The summed E-state index contributed by atoms with van der Waals surface area (Å²) in [5, 5.41) is 1.37. The molecule has 64 valence electrons. The number of nitrogens with zero attached hydrogens (tertiary/aromatic N) is 1. The Kier molecular flexibility index (Phi) is 2.17. The molecule has 4 heteroatoms. The van der Waals surface area contributed by atoms with Gasteiger partial charge in [0.25, 0.3) is 0 Å². The number of imidazole rings is 1. The molecule has 1 heterocycles. The fourth-order valence-corrected chi connectivity index (χ4v) is 2.43. The molecule has 1 aliphatic rings. The van der Waals surface area contributed by atoms with Crippen molar-refractivity contribution in [1.82, 2.24) is 9.97 Å². The number of H-pyrrole nitrogens is 1. The molecule has 0 amide bonds. The van der Waals surface area contributed by atoms with Crippen LogP contribution in [0.3, 0.4) is 0 Å². The van der Waals surface area contributed by atoms with Crippen molar-refractivity contribution in [3.63, 3.8) is 0 Å². The normalized spacial score (nSPS) is 23.3. The van der Waals surface area contributed by atoms with Gasteiger partial charge in [0, 0.05) is 30.5 Å². The summed E-state index contributed by atoms with van der Waals surface area (Å²) in [6.07, 6.45) is 6.01. The Hall–Kier alpha value is -0.770. The lowest BCUT2D eigenvalue weighted by Crippen LogP contribution is -1.96. The van der Waals surface area contributed by atoms with Crippen LogP contribution in [0.1, 0.15) is 19.3 Å². The minimum absolute atomic E-state index is 0.388. The summed E-state index contributed by atoms with van der Waals surface area (Å²) in [7, 11) is 0. The van der Waals surface area contributed by atoms with Gasteiger partial charge in [-0.15, -0.1) is 0 Å². The molecular formula is C8H10N2OS. The molecule has 0 aliphatic heterocycles. The Morgan fingerprint density at radius 1 is 1.67 bits per heavy atom. The zero-order valence-corrected chi connectivity index (χ0v) is 7.43. The predicted molar refractivity (Wildman–Crippen MR) is 47.1 cm³/mol. The number of hydrogen-bond acceptors (Lipinski definition) is 3. The number of aromatic amines is 1. The first-order valence-electron chi connectivity index (χ1n) is 4.02. The average Bonchev–Trinajstić information content (AvgIpc) is 2.63. The summed E-state index contributed by atoms with van der Waals surface area (Å²) in [6.45, 7) is 0. The Morgan fingerprint density at radius 2 is 2.58 bits per heavy atom. The van der Waals surface area contributed by atoms with E-state index in [1.807, 2.05) is 0 Å². The molecule has 1 atom stereocenters. The third-order valence-corrected chi connectivity index (χ3v) is 3.13. The van der Waals surface area contributed by atoms with Crippen molar-refractivity contribution >= 4 is 17.5 Å². The van der Waals surface area contributed by atoms with E-state index < -0.39 is 0 Å². The molecule has 12 heavy (non-hydrogen) atoms. The third kappa shape index (κ3) is 1.69. The van der Waals surface area contributed by atoms with Crippen LogP contribution in [0.5, 0.6) is 0 Å². The first kappa shape index (κ1) is 7.86. The van der Waals surface area contributed by atoms with Crippen molar-refractivity contribution in [3.05, 3.63) is 12.4 Å². The molecule has 1 aromatic rings. The lowest BCUT2D eigenvalue weighted by atomic mass is 10.4. The Balaban J connectivity index is 1.92. The van der Waals surface area contributed by atoms with Crippen molar-refractivity contribution in [2.24, 2.45) is 0 Å². The highest BCUT2D eigenvalue weighted by Crippen LogP contribution is 2.30. The van der Waals surface area contributed by atoms with E-state index in [4.69, 9.17) is 0 Å². The maximum absolute atomic E-state index is 10.9. The molecule has 0 aromatic carbocycles. The molecule has 2 rings (SSSR count). The molecular weight excluding hydrogens is 172 g/mol. The van der Waals surface area contributed by atoms with E-state index in [0.29, 0.717) is 17.5 Å². The van der Waals surface area contributed by atoms with Crippen LogP contribution in [-0.2, 0) is 4.79 Å². The molecule has 1 saturated carbocycles. The molecule has 1 fully saturated rings. The van der Waals surface area contributed by atoms with Crippen LogP contribution < -0.4 is 0 Å². The smallest absolute Gasteiger partial charge is 0.165 e. The van der Waals surface area contributed by atoms with Gasteiger partial charge in [0.05, 0.1) is 0 Å². The third-order valence-electron chi connectivity index (χ3n) is 1.95. The molecule has 1 N–H and O–H groups in total. The van der Waals surface area contributed by atoms with Gasteiger partial charge in [0.2, 0.25) is 0 Å². The molecule has 3 nitrogen and oxygen atoms in total. The Bertz CT molecular complexity index is 271. The number of hydrogen-bond donors (Lipinski definition) is 1. The van der Waals surface area contributed by atoms with Gasteiger partial charge >= 0.3 is 0 Å². The van der Waals surface area contributed by atoms with E-state index in [-0.39, 0.29) is 0 Å². The Labute approximate surface area is 75.0 Å². The number of thioether (sulfide) groups is 1. The fourth-order valence-electron chi connectivity index (χ4n) is 1.35. The van der Waals surface area contributed by atoms with Crippen LogP contribution in [0.25, 0.3) is 0 Å². The number of ketones is 1. The van der Waals surface area contributed by atoms with Crippen LogP contribution in [0.15, 0.2) is 17.6 Å². The van der Waals surface area contributed by atoms with Crippen molar-refractivity contribution in [2.45, 2.75) is 29.7 Å². The van der Waals surface area contributed by atoms with Crippen molar-refractivity contribution in [2.75, 3.05) is 0 Å². The monoisotopic (exact) mass is 182 g/mol. The van der Waals surface area contributed by atoms with E-state index in [1.165, 1.54) is 0 Å². The first-order valence-corrected chi connectivity index (χ1v) is 4.90. The molecule has 1 aromatic heterocycles. The summed E-state index contributed by atoms with van der Waals surface area (Å²) in [5.74, 6) is 0.388. The largest absolute Gasteiger partial charge is 0.340 e.